The van der Waals surface area contributed by atoms with Crippen molar-refractivity contribution in [2.75, 3.05) is 0 Å². The Hall–Kier alpha value is -4.55. The predicted octanol–water partition coefficient (Wildman–Crippen LogP) is 6.06. The number of aryl methyl sites for hydroxylation is 2. The summed E-state index contributed by atoms with van der Waals surface area (Å²) in [7, 11) is 0. The van der Waals surface area contributed by atoms with Crippen LogP contribution in [0, 0.1) is 25.2 Å². The molecular weight excluding hydrogens is 519 g/mol. The molecule has 0 saturated carbocycles. The second-order valence-electron chi connectivity index (χ2n) is 8.17. The van der Waals surface area contributed by atoms with E-state index in [1.807, 2.05) is 26.0 Å². The van der Waals surface area contributed by atoms with Crippen LogP contribution in [0.5, 0.6) is 5.75 Å². The lowest BCUT2D eigenvalue weighted by atomic mass is 10.1. The van der Waals surface area contributed by atoms with Crippen molar-refractivity contribution in [3.05, 3.63) is 104 Å². The molecule has 4 aromatic rings. The van der Waals surface area contributed by atoms with Gasteiger partial charge in [0, 0.05) is 34.7 Å². The molecule has 10 heteroatoms. The van der Waals surface area contributed by atoms with Gasteiger partial charge in [0.25, 0.3) is 5.56 Å². The fourth-order valence-corrected chi connectivity index (χ4v) is 4.11. The smallest absolute Gasteiger partial charge is 0.268 e. The third-order valence-corrected chi connectivity index (χ3v) is 5.85. The van der Waals surface area contributed by atoms with Gasteiger partial charge < -0.3 is 15.0 Å². The third-order valence-electron chi connectivity index (χ3n) is 5.51. The Morgan fingerprint density at radius 1 is 1.21 bits per heavy atom. The highest BCUT2D eigenvalue weighted by Crippen LogP contribution is 2.33. The number of hydrogen-bond donors (Lipinski definition) is 1. The first-order chi connectivity index (χ1) is 18.8. The summed E-state index contributed by atoms with van der Waals surface area (Å²) in [5, 5.41) is 10.3. The second kappa shape index (κ2) is 13.3. The maximum atomic E-state index is 13.5. The van der Waals surface area contributed by atoms with Crippen molar-refractivity contribution >= 4 is 34.4 Å². The number of nitrogens with zero attached hydrogens (tertiary/aromatic N) is 5. The van der Waals surface area contributed by atoms with Gasteiger partial charge in [0.1, 0.15) is 29.5 Å². The Labute approximate surface area is 230 Å². The first-order valence-corrected chi connectivity index (χ1v) is 12.6. The van der Waals surface area contributed by atoms with Crippen molar-refractivity contribution in [1.29, 1.82) is 5.26 Å². The third kappa shape index (κ3) is 6.86. The Bertz CT molecular complexity index is 1660. The van der Waals surface area contributed by atoms with Crippen molar-refractivity contribution in [2.45, 2.75) is 40.8 Å². The summed E-state index contributed by atoms with van der Waals surface area (Å²) in [4.78, 5) is 26.0. The van der Waals surface area contributed by atoms with Crippen LogP contribution >= 0.6 is 11.6 Å². The lowest BCUT2D eigenvalue weighted by molar-refractivity contribution is 0.307. The number of para-hydroxylation sites is 1. The van der Waals surface area contributed by atoms with Gasteiger partial charge in [-0.25, -0.2) is 9.37 Å². The number of hydrogen-bond acceptors (Lipinski definition) is 7. The molecule has 2 N–H and O–H groups in total. The average molecular weight is 547 g/mol. The standard InChI is InChI=1S/C27H22ClFN6O2.C2H6/c1-16-9-22(28)21(24(33-16)14-35-8-4-5-18(11-30)27(35)36)15-37-25-7-3-6-20-23(32-13-19(29)12-31)10-17(2)34-26(20)25;1-2/h3-10,12-13H,14-15,31H2,1-2H3;1-2H3/b19-12+,32-13?;. The van der Waals surface area contributed by atoms with E-state index in [2.05, 4.69) is 15.0 Å². The number of benzene rings is 1. The molecule has 4 rings (SSSR count). The molecule has 0 radical (unpaired) electrons. The molecule has 3 aromatic heterocycles. The van der Waals surface area contributed by atoms with Gasteiger partial charge >= 0.3 is 0 Å². The summed E-state index contributed by atoms with van der Waals surface area (Å²) in [5.74, 6) is -0.192. The van der Waals surface area contributed by atoms with E-state index in [1.165, 1.54) is 10.6 Å². The highest BCUT2D eigenvalue weighted by atomic mass is 35.5. The van der Waals surface area contributed by atoms with Crippen LogP contribution in [0.1, 0.15) is 42.1 Å². The van der Waals surface area contributed by atoms with E-state index in [-0.39, 0.29) is 18.7 Å². The zero-order valence-corrected chi connectivity index (χ0v) is 22.8. The summed E-state index contributed by atoms with van der Waals surface area (Å²) in [6.45, 7) is 7.76. The average Bonchev–Trinajstić information content (AvgIpc) is 2.93. The maximum absolute atomic E-state index is 13.5. The normalized spacial score (nSPS) is 11.3. The molecule has 0 aliphatic carbocycles. The Morgan fingerprint density at radius 2 is 1.95 bits per heavy atom. The first-order valence-electron chi connectivity index (χ1n) is 12.2. The number of pyridine rings is 3. The zero-order valence-electron chi connectivity index (χ0n) is 22.1. The van der Waals surface area contributed by atoms with E-state index >= 15 is 0 Å². The van der Waals surface area contributed by atoms with Crippen LogP contribution in [-0.4, -0.2) is 20.7 Å². The fraction of sp³-hybridized carbons (Fsp3) is 0.207. The molecule has 0 atom stereocenters. The van der Waals surface area contributed by atoms with Crippen molar-refractivity contribution in [3.8, 4) is 11.8 Å². The molecule has 200 valence electrons. The van der Waals surface area contributed by atoms with E-state index in [9.17, 15) is 14.4 Å². The molecule has 0 saturated heterocycles. The number of aromatic nitrogens is 3. The number of ether oxygens (including phenoxy) is 1. The quantitative estimate of drug-likeness (QED) is 0.281. The molecule has 0 bridgehead atoms. The van der Waals surface area contributed by atoms with Gasteiger partial charge in [-0.1, -0.05) is 37.6 Å². The Morgan fingerprint density at radius 3 is 2.67 bits per heavy atom. The summed E-state index contributed by atoms with van der Waals surface area (Å²) in [6.07, 6.45) is 3.46. The van der Waals surface area contributed by atoms with Gasteiger partial charge in [-0.3, -0.25) is 14.8 Å². The lowest BCUT2D eigenvalue weighted by Crippen LogP contribution is -2.23. The number of halogens is 2. The number of rotatable bonds is 7. The largest absolute Gasteiger partial charge is 0.486 e. The topological polar surface area (TPSA) is 119 Å². The Balaban J connectivity index is 0.00000205. The van der Waals surface area contributed by atoms with Crippen molar-refractivity contribution in [1.82, 2.24) is 14.5 Å². The number of nitrogens with two attached hydrogens (primary N) is 1. The van der Waals surface area contributed by atoms with Gasteiger partial charge in [-0.15, -0.1) is 0 Å². The van der Waals surface area contributed by atoms with E-state index < -0.39 is 11.4 Å². The molecule has 0 spiro atoms. The van der Waals surface area contributed by atoms with E-state index in [4.69, 9.17) is 22.1 Å². The van der Waals surface area contributed by atoms with Crippen LogP contribution in [0.2, 0.25) is 5.02 Å². The monoisotopic (exact) mass is 546 g/mol. The second-order valence-corrected chi connectivity index (χ2v) is 8.58. The van der Waals surface area contributed by atoms with Gasteiger partial charge in [-0.05, 0) is 44.2 Å². The molecule has 0 fully saturated rings. The Kier molecular flexibility index (Phi) is 9.90. The van der Waals surface area contributed by atoms with Gasteiger partial charge in [-0.2, -0.15) is 5.26 Å². The van der Waals surface area contributed by atoms with Crippen LogP contribution in [0.3, 0.4) is 0 Å². The zero-order chi connectivity index (χ0) is 28.5. The summed E-state index contributed by atoms with van der Waals surface area (Å²) >= 11 is 6.57. The number of nitriles is 1. The van der Waals surface area contributed by atoms with E-state index in [1.54, 1.807) is 50.4 Å². The number of fused-ring (bicyclic) bond motifs is 1. The molecule has 39 heavy (non-hydrogen) atoms. The predicted molar refractivity (Wildman–Crippen MR) is 152 cm³/mol. The van der Waals surface area contributed by atoms with Crippen LogP contribution in [0.4, 0.5) is 10.1 Å². The summed E-state index contributed by atoms with van der Waals surface area (Å²) in [6, 6.07) is 13.8. The van der Waals surface area contributed by atoms with Gasteiger partial charge in [0.15, 0.2) is 5.83 Å². The fourth-order valence-electron chi connectivity index (χ4n) is 3.79. The van der Waals surface area contributed by atoms with Crippen molar-refractivity contribution in [2.24, 2.45) is 10.7 Å². The maximum Gasteiger partial charge on any atom is 0.268 e. The molecule has 0 unspecified atom stereocenters. The van der Waals surface area contributed by atoms with Crippen LogP contribution < -0.4 is 16.0 Å². The molecular formula is C29H28ClFN6O2. The molecule has 0 amide bonds. The molecule has 0 aliphatic heterocycles. The molecule has 1 aromatic carbocycles. The van der Waals surface area contributed by atoms with Crippen LogP contribution in [0.15, 0.2) is 70.5 Å². The first kappa shape index (κ1) is 29.0. The number of allylic oxidation sites excluding steroid dienone is 1. The van der Waals surface area contributed by atoms with E-state index in [0.717, 1.165) is 12.4 Å². The van der Waals surface area contributed by atoms with Crippen LogP contribution in [0.25, 0.3) is 10.9 Å². The van der Waals surface area contributed by atoms with Crippen molar-refractivity contribution < 1.29 is 9.13 Å². The van der Waals surface area contributed by atoms with Gasteiger partial charge in [0.2, 0.25) is 0 Å². The summed E-state index contributed by atoms with van der Waals surface area (Å²) in [5.41, 5.74) is 8.35. The van der Waals surface area contributed by atoms with Crippen LogP contribution in [-0.2, 0) is 13.2 Å². The van der Waals surface area contributed by atoms with Gasteiger partial charge in [0.05, 0.1) is 29.2 Å². The molecule has 3 heterocycles. The van der Waals surface area contributed by atoms with Crippen molar-refractivity contribution in [3.63, 3.8) is 0 Å². The number of aliphatic imine (C=N–C) groups is 1. The summed E-state index contributed by atoms with van der Waals surface area (Å²) < 4.78 is 21.1. The minimum Gasteiger partial charge on any atom is -0.486 e. The highest BCUT2D eigenvalue weighted by Gasteiger charge is 2.15. The van der Waals surface area contributed by atoms with E-state index in [0.29, 0.717) is 50.0 Å². The molecule has 8 nitrogen and oxygen atoms in total. The lowest BCUT2D eigenvalue weighted by Gasteiger charge is -2.15. The highest BCUT2D eigenvalue weighted by molar-refractivity contribution is 6.31. The molecule has 0 aliphatic rings. The minimum absolute atomic E-state index is 0.0385. The SMILES string of the molecule is CC.Cc1cc(Cl)c(COc2cccc3c(N=C/C(F)=C\N)cc(C)nc23)c(Cn2cccc(C#N)c2=O)n1. The minimum atomic E-state index is -0.663.